The van der Waals surface area contributed by atoms with Crippen LogP contribution >= 0.6 is 0 Å². The fourth-order valence-corrected chi connectivity index (χ4v) is 6.44. The predicted molar refractivity (Wildman–Crippen MR) is 155 cm³/mol. The fraction of sp³-hybridized carbons (Fsp3) is 0.176. The number of fused-ring (bicyclic) bond motifs is 4. The highest BCUT2D eigenvalue weighted by Crippen LogP contribution is 2.52. The predicted octanol–water partition coefficient (Wildman–Crippen LogP) is 6.97. The summed E-state index contributed by atoms with van der Waals surface area (Å²) in [6, 6.07) is 36.0. The number of nitrogens with zero attached hydrogens (tertiary/aromatic N) is 1. The quantitative estimate of drug-likeness (QED) is 0.267. The van der Waals surface area contributed by atoms with E-state index >= 15 is 0 Å². The van der Waals surface area contributed by atoms with Crippen LogP contribution in [0.25, 0.3) is 43.1 Å². The Bertz CT molecular complexity index is 1810. The van der Waals surface area contributed by atoms with E-state index in [1.54, 1.807) is 0 Å². The average molecular weight is 484 g/mol. The van der Waals surface area contributed by atoms with Crippen molar-refractivity contribution in [2.24, 2.45) is 0 Å². The normalized spacial score (nSPS) is 21.5. The maximum Gasteiger partial charge on any atom is 0.0727 e. The first-order valence-corrected chi connectivity index (χ1v) is 12.9. The minimum absolute atomic E-state index is 0.334. The van der Waals surface area contributed by atoms with Gasteiger partial charge in [-0.3, -0.25) is 0 Å². The molecule has 1 aliphatic rings. The van der Waals surface area contributed by atoms with E-state index < -0.39 is 12.2 Å². The van der Waals surface area contributed by atoms with Gasteiger partial charge in [-0.05, 0) is 79.2 Å². The SMILES string of the molecule is CN(C)c1ccc(C2C(O)C(c3cccc4cc5ccccc5cc34)C2O)c2cc3ccccc3cc12. The molecule has 2 atom stereocenters. The van der Waals surface area contributed by atoms with Gasteiger partial charge < -0.3 is 15.1 Å². The van der Waals surface area contributed by atoms with Crippen LogP contribution in [0.5, 0.6) is 0 Å². The summed E-state index contributed by atoms with van der Waals surface area (Å²) in [5.41, 5.74) is 3.15. The summed E-state index contributed by atoms with van der Waals surface area (Å²) >= 11 is 0. The van der Waals surface area contributed by atoms with Crippen LogP contribution in [-0.4, -0.2) is 36.5 Å². The molecule has 3 heteroatoms. The van der Waals surface area contributed by atoms with Gasteiger partial charge in [0, 0.05) is 37.0 Å². The second-order valence-corrected chi connectivity index (χ2v) is 10.6. The summed E-state index contributed by atoms with van der Waals surface area (Å²) in [4.78, 5) is 2.12. The van der Waals surface area contributed by atoms with Crippen molar-refractivity contribution in [2.45, 2.75) is 24.0 Å². The van der Waals surface area contributed by atoms with Gasteiger partial charge in [0.15, 0.2) is 0 Å². The van der Waals surface area contributed by atoms with Gasteiger partial charge in [0.25, 0.3) is 0 Å². The lowest BCUT2D eigenvalue weighted by molar-refractivity contribution is -0.0775. The molecule has 2 unspecified atom stereocenters. The van der Waals surface area contributed by atoms with Crippen LogP contribution in [0.1, 0.15) is 23.0 Å². The van der Waals surface area contributed by atoms with Crippen LogP contribution in [0.4, 0.5) is 5.69 Å². The van der Waals surface area contributed by atoms with Crippen molar-refractivity contribution in [3.63, 3.8) is 0 Å². The molecule has 6 aromatic rings. The van der Waals surface area contributed by atoms with E-state index in [1.165, 1.54) is 16.2 Å². The molecular weight excluding hydrogens is 454 g/mol. The second kappa shape index (κ2) is 8.31. The van der Waals surface area contributed by atoms with Crippen LogP contribution in [-0.2, 0) is 0 Å². The molecule has 0 radical (unpaired) electrons. The van der Waals surface area contributed by atoms with Crippen LogP contribution in [0.3, 0.4) is 0 Å². The van der Waals surface area contributed by atoms with Crippen molar-refractivity contribution in [3.05, 3.63) is 114 Å². The van der Waals surface area contributed by atoms with Gasteiger partial charge in [-0.1, -0.05) is 72.8 Å². The zero-order valence-electron chi connectivity index (χ0n) is 21.0. The molecular formula is C34H29NO2. The van der Waals surface area contributed by atoms with Crippen molar-refractivity contribution in [1.29, 1.82) is 0 Å². The molecule has 1 fully saturated rings. The molecule has 2 N–H and O–H groups in total. The zero-order valence-corrected chi connectivity index (χ0v) is 21.0. The van der Waals surface area contributed by atoms with E-state index in [2.05, 4.69) is 110 Å². The van der Waals surface area contributed by atoms with Gasteiger partial charge in [0.2, 0.25) is 0 Å². The van der Waals surface area contributed by atoms with Gasteiger partial charge in [-0.15, -0.1) is 0 Å². The molecule has 0 heterocycles. The molecule has 0 bridgehead atoms. The summed E-state index contributed by atoms with van der Waals surface area (Å²) in [5, 5.41) is 32.4. The molecule has 0 saturated heterocycles. The Morgan fingerprint density at radius 3 is 1.57 bits per heavy atom. The number of aliphatic hydroxyl groups excluding tert-OH is 2. The highest BCUT2D eigenvalue weighted by atomic mass is 16.3. The first-order chi connectivity index (χ1) is 18.0. The van der Waals surface area contributed by atoms with Crippen LogP contribution in [0.15, 0.2) is 103 Å². The number of benzene rings is 6. The molecule has 1 aliphatic carbocycles. The summed E-state index contributed by atoms with van der Waals surface area (Å²) in [6.45, 7) is 0. The number of hydrogen-bond acceptors (Lipinski definition) is 3. The Morgan fingerprint density at radius 1 is 0.486 bits per heavy atom. The molecule has 3 nitrogen and oxygen atoms in total. The fourth-order valence-electron chi connectivity index (χ4n) is 6.44. The van der Waals surface area contributed by atoms with E-state index in [0.29, 0.717) is 0 Å². The largest absolute Gasteiger partial charge is 0.392 e. The van der Waals surface area contributed by atoms with Crippen molar-refractivity contribution in [3.8, 4) is 0 Å². The maximum absolute atomic E-state index is 11.6. The summed E-state index contributed by atoms with van der Waals surface area (Å²) < 4.78 is 0. The van der Waals surface area contributed by atoms with E-state index in [4.69, 9.17) is 0 Å². The van der Waals surface area contributed by atoms with Gasteiger partial charge in [-0.25, -0.2) is 0 Å². The van der Waals surface area contributed by atoms with E-state index in [1.807, 2.05) is 12.1 Å². The standard InChI is InChI=1S/C34H29NO2/c1-35(2)30-15-14-26(28-18-22-10-5-6-11-23(22)19-29(28)30)32-33(36)31(34(32)37)25-13-7-12-24-16-20-8-3-4-9-21(20)17-27(24)25/h3-19,31-34,36-37H,1-2H3. The number of anilines is 1. The summed E-state index contributed by atoms with van der Waals surface area (Å²) in [7, 11) is 4.11. The third-order valence-electron chi connectivity index (χ3n) is 8.35. The maximum atomic E-state index is 11.6. The molecule has 0 aromatic heterocycles. The second-order valence-electron chi connectivity index (χ2n) is 10.6. The summed E-state index contributed by atoms with van der Waals surface area (Å²) in [5.74, 6) is -0.681. The number of aliphatic hydroxyl groups is 2. The van der Waals surface area contributed by atoms with Crippen LogP contribution < -0.4 is 4.90 Å². The van der Waals surface area contributed by atoms with Gasteiger partial charge in [0.05, 0.1) is 12.2 Å². The monoisotopic (exact) mass is 483 g/mol. The first-order valence-electron chi connectivity index (χ1n) is 12.9. The zero-order chi connectivity index (χ0) is 25.3. The third kappa shape index (κ3) is 3.35. The lowest BCUT2D eigenvalue weighted by atomic mass is 9.62. The summed E-state index contributed by atoms with van der Waals surface area (Å²) in [6.07, 6.45) is -1.35. The minimum atomic E-state index is -0.674. The molecule has 37 heavy (non-hydrogen) atoms. The molecule has 1 saturated carbocycles. The molecule has 6 aromatic carbocycles. The third-order valence-corrected chi connectivity index (χ3v) is 8.35. The Morgan fingerprint density at radius 2 is 0.973 bits per heavy atom. The molecule has 0 amide bonds. The average Bonchev–Trinajstić information content (AvgIpc) is 2.91. The molecule has 7 rings (SSSR count). The molecule has 0 aliphatic heterocycles. The highest BCUT2D eigenvalue weighted by molar-refractivity contribution is 6.06. The first kappa shape index (κ1) is 22.3. The Labute approximate surface area is 216 Å². The van der Waals surface area contributed by atoms with E-state index in [-0.39, 0.29) is 11.8 Å². The van der Waals surface area contributed by atoms with Crippen molar-refractivity contribution < 1.29 is 10.2 Å². The van der Waals surface area contributed by atoms with Crippen LogP contribution in [0, 0.1) is 0 Å². The number of hydrogen-bond donors (Lipinski definition) is 2. The van der Waals surface area contributed by atoms with Crippen molar-refractivity contribution in [2.75, 3.05) is 19.0 Å². The Hall–Kier alpha value is -3.92. The van der Waals surface area contributed by atoms with Crippen LogP contribution in [0.2, 0.25) is 0 Å². The Kier molecular flexibility index (Phi) is 5.00. The minimum Gasteiger partial charge on any atom is -0.392 e. The number of rotatable bonds is 3. The van der Waals surface area contributed by atoms with E-state index in [0.717, 1.165) is 43.7 Å². The smallest absolute Gasteiger partial charge is 0.0727 e. The molecule has 0 spiro atoms. The topological polar surface area (TPSA) is 43.7 Å². The van der Waals surface area contributed by atoms with Gasteiger partial charge >= 0.3 is 0 Å². The lowest BCUT2D eigenvalue weighted by Crippen LogP contribution is -2.51. The lowest BCUT2D eigenvalue weighted by Gasteiger charge is -2.47. The molecule has 182 valence electrons. The Balaban J connectivity index is 1.35. The van der Waals surface area contributed by atoms with Gasteiger partial charge in [-0.2, -0.15) is 0 Å². The van der Waals surface area contributed by atoms with Crippen molar-refractivity contribution in [1.82, 2.24) is 0 Å². The highest BCUT2D eigenvalue weighted by Gasteiger charge is 2.51. The van der Waals surface area contributed by atoms with E-state index in [9.17, 15) is 10.2 Å². The van der Waals surface area contributed by atoms with Crippen molar-refractivity contribution >= 4 is 48.8 Å². The van der Waals surface area contributed by atoms with Gasteiger partial charge in [0.1, 0.15) is 0 Å².